The Morgan fingerprint density at radius 1 is 1.26 bits per heavy atom. The molecular formula is C11H12F3NO3S. The molecule has 8 heteroatoms. The van der Waals surface area contributed by atoms with Crippen molar-refractivity contribution in [3.05, 3.63) is 15.8 Å². The van der Waals surface area contributed by atoms with Gasteiger partial charge in [0.2, 0.25) is 0 Å². The van der Waals surface area contributed by atoms with Gasteiger partial charge < -0.3 is 10.4 Å². The number of amides is 1. The van der Waals surface area contributed by atoms with Gasteiger partial charge in [-0.1, -0.05) is 20.8 Å². The third kappa shape index (κ3) is 3.69. The van der Waals surface area contributed by atoms with Crippen LogP contribution in [0, 0.1) is 0 Å². The van der Waals surface area contributed by atoms with E-state index in [4.69, 9.17) is 5.11 Å². The van der Waals surface area contributed by atoms with Crippen LogP contribution < -0.4 is 5.32 Å². The number of aromatic carboxylic acids is 1. The molecule has 1 aromatic rings. The predicted molar refractivity (Wildman–Crippen MR) is 64.7 cm³/mol. The highest BCUT2D eigenvalue weighted by Crippen LogP contribution is 2.36. The van der Waals surface area contributed by atoms with E-state index in [-0.39, 0.29) is 10.6 Å². The standard InChI is InChI=1S/C11H12F3NO3S/c1-10(2,3)6-4-5(7(19-6)8(16)17)15-9(18)11(12,13)14/h4H,1-3H3,(H,15,18)(H,16,17). The number of halogens is 3. The van der Waals surface area contributed by atoms with Gasteiger partial charge in [-0.2, -0.15) is 13.2 Å². The number of alkyl halides is 3. The highest BCUT2D eigenvalue weighted by Gasteiger charge is 2.39. The van der Waals surface area contributed by atoms with Crippen LogP contribution in [0.1, 0.15) is 35.3 Å². The lowest BCUT2D eigenvalue weighted by atomic mass is 9.94. The van der Waals surface area contributed by atoms with Gasteiger partial charge >= 0.3 is 18.1 Å². The van der Waals surface area contributed by atoms with Crippen molar-refractivity contribution in [1.29, 1.82) is 0 Å². The van der Waals surface area contributed by atoms with Gasteiger partial charge in [0.15, 0.2) is 0 Å². The quantitative estimate of drug-likeness (QED) is 0.880. The van der Waals surface area contributed by atoms with Crippen molar-refractivity contribution < 1.29 is 27.9 Å². The summed E-state index contributed by atoms with van der Waals surface area (Å²) in [5.41, 5.74) is -0.749. The Morgan fingerprint density at radius 3 is 2.16 bits per heavy atom. The van der Waals surface area contributed by atoms with E-state index in [9.17, 15) is 22.8 Å². The number of rotatable bonds is 2. The predicted octanol–water partition coefficient (Wildman–Crippen LogP) is 3.24. The molecule has 0 aliphatic heterocycles. The van der Waals surface area contributed by atoms with E-state index in [1.807, 2.05) is 0 Å². The number of hydrogen-bond donors (Lipinski definition) is 2. The Labute approximate surface area is 111 Å². The molecule has 1 aromatic heterocycles. The van der Waals surface area contributed by atoms with E-state index in [1.54, 1.807) is 26.1 Å². The topological polar surface area (TPSA) is 66.4 Å². The molecule has 0 bridgehead atoms. The average molecular weight is 295 g/mol. The first-order valence-electron chi connectivity index (χ1n) is 5.18. The number of carbonyl (C=O) groups is 2. The Hall–Kier alpha value is -1.57. The molecule has 2 N–H and O–H groups in total. The van der Waals surface area contributed by atoms with Crippen molar-refractivity contribution >= 4 is 28.9 Å². The maximum absolute atomic E-state index is 12.2. The highest BCUT2D eigenvalue weighted by atomic mass is 32.1. The molecule has 19 heavy (non-hydrogen) atoms. The molecule has 0 aromatic carbocycles. The summed E-state index contributed by atoms with van der Waals surface area (Å²) in [5, 5.41) is 10.5. The molecule has 106 valence electrons. The summed E-state index contributed by atoms with van der Waals surface area (Å²) < 4.78 is 36.5. The SMILES string of the molecule is CC(C)(C)c1cc(NC(=O)C(F)(F)F)c(C(=O)O)s1. The van der Waals surface area contributed by atoms with Crippen LogP contribution in [0.15, 0.2) is 6.07 Å². The summed E-state index contributed by atoms with van der Waals surface area (Å²) >= 11 is 0.846. The van der Waals surface area contributed by atoms with Crippen LogP contribution in [0.25, 0.3) is 0 Å². The van der Waals surface area contributed by atoms with Crippen molar-refractivity contribution in [2.75, 3.05) is 5.32 Å². The number of carbonyl (C=O) groups excluding carboxylic acids is 1. The molecule has 0 atom stereocenters. The van der Waals surface area contributed by atoms with Crippen molar-refractivity contribution in [1.82, 2.24) is 0 Å². The van der Waals surface area contributed by atoms with E-state index in [1.165, 1.54) is 6.07 Å². The Kier molecular flexibility index (Phi) is 3.94. The molecule has 1 amide bonds. The molecule has 0 saturated carbocycles. The molecule has 4 nitrogen and oxygen atoms in total. The molecule has 0 radical (unpaired) electrons. The Bertz CT molecular complexity index is 514. The minimum atomic E-state index is -5.06. The highest BCUT2D eigenvalue weighted by molar-refractivity contribution is 7.14. The number of thiophene rings is 1. The molecule has 0 aliphatic rings. The van der Waals surface area contributed by atoms with Gasteiger partial charge in [-0.05, 0) is 11.5 Å². The van der Waals surface area contributed by atoms with E-state index < -0.39 is 23.5 Å². The second kappa shape index (κ2) is 4.84. The number of carboxylic acid groups (broad SMARTS) is 1. The lowest BCUT2D eigenvalue weighted by Crippen LogP contribution is -2.30. The van der Waals surface area contributed by atoms with E-state index >= 15 is 0 Å². The van der Waals surface area contributed by atoms with Crippen molar-refractivity contribution in [2.24, 2.45) is 0 Å². The number of hydrogen-bond acceptors (Lipinski definition) is 3. The van der Waals surface area contributed by atoms with Crippen molar-refractivity contribution in [3.8, 4) is 0 Å². The first-order valence-corrected chi connectivity index (χ1v) is 6.00. The monoisotopic (exact) mass is 295 g/mol. The third-order valence-electron chi connectivity index (χ3n) is 2.17. The van der Waals surface area contributed by atoms with Crippen LogP contribution in [0.3, 0.4) is 0 Å². The molecular weight excluding hydrogens is 283 g/mol. The third-order valence-corrected chi connectivity index (χ3v) is 3.72. The van der Waals surface area contributed by atoms with E-state index in [0.29, 0.717) is 4.88 Å². The maximum Gasteiger partial charge on any atom is 0.471 e. The summed E-state index contributed by atoms with van der Waals surface area (Å²) in [6.07, 6.45) is -5.06. The van der Waals surface area contributed by atoms with Gasteiger partial charge in [0, 0.05) is 4.88 Å². The van der Waals surface area contributed by atoms with Crippen molar-refractivity contribution in [3.63, 3.8) is 0 Å². The first kappa shape index (κ1) is 15.5. The van der Waals surface area contributed by atoms with Gasteiger partial charge in [-0.25, -0.2) is 4.79 Å². The first-order chi connectivity index (χ1) is 8.43. The molecule has 1 rings (SSSR count). The summed E-state index contributed by atoms with van der Waals surface area (Å²) in [6, 6.07) is 1.26. The number of anilines is 1. The number of nitrogens with one attached hydrogen (secondary N) is 1. The fraction of sp³-hybridized carbons (Fsp3) is 0.455. The molecule has 0 aliphatic carbocycles. The van der Waals surface area contributed by atoms with Crippen LogP contribution in [0.4, 0.5) is 18.9 Å². The summed E-state index contributed by atoms with van der Waals surface area (Å²) in [4.78, 5) is 22.1. The van der Waals surface area contributed by atoms with Crippen LogP contribution in [0.2, 0.25) is 0 Å². The molecule has 0 unspecified atom stereocenters. The fourth-order valence-corrected chi connectivity index (χ4v) is 2.22. The van der Waals surface area contributed by atoms with Gasteiger partial charge in [0.1, 0.15) is 4.88 Å². The molecule has 1 heterocycles. The Morgan fingerprint density at radius 2 is 1.79 bits per heavy atom. The zero-order valence-electron chi connectivity index (χ0n) is 10.4. The summed E-state index contributed by atoms with van der Waals surface area (Å²) in [7, 11) is 0. The van der Waals surface area contributed by atoms with Crippen LogP contribution in [-0.2, 0) is 10.2 Å². The van der Waals surface area contributed by atoms with Gasteiger partial charge in [0.05, 0.1) is 5.69 Å². The lowest BCUT2D eigenvalue weighted by molar-refractivity contribution is -0.167. The second-order valence-corrected chi connectivity index (χ2v) is 5.91. The molecule has 0 spiro atoms. The normalized spacial score (nSPS) is 12.3. The summed E-state index contributed by atoms with van der Waals surface area (Å²) in [5.74, 6) is -3.56. The minimum absolute atomic E-state index is 0.317. The molecule has 0 saturated heterocycles. The van der Waals surface area contributed by atoms with Gasteiger partial charge in [-0.3, -0.25) is 4.79 Å². The minimum Gasteiger partial charge on any atom is -0.477 e. The van der Waals surface area contributed by atoms with Crippen molar-refractivity contribution in [2.45, 2.75) is 32.4 Å². The largest absolute Gasteiger partial charge is 0.477 e. The zero-order chi connectivity index (χ0) is 15.0. The average Bonchev–Trinajstić information content (AvgIpc) is 2.59. The Balaban J connectivity index is 3.17. The summed E-state index contributed by atoms with van der Waals surface area (Å²) in [6.45, 7) is 5.37. The van der Waals surface area contributed by atoms with Gasteiger partial charge in [0.25, 0.3) is 0 Å². The van der Waals surface area contributed by atoms with Gasteiger partial charge in [-0.15, -0.1) is 11.3 Å². The fourth-order valence-electron chi connectivity index (χ4n) is 1.21. The maximum atomic E-state index is 12.2. The van der Waals surface area contributed by atoms with Crippen LogP contribution in [-0.4, -0.2) is 23.2 Å². The number of carboxylic acids is 1. The van der Waals surface area contributed by atoms with E-state index in [0.717, 1.165) is 11.3 Å². The van der Waals surface area contributed by atoms with Crippen LogP contribution in [0.5, 0.6) is 0 Å². The van der Waals surface area contributed by atoms with E-state index in [2.05, 4.69) is 0 Å². The molecule has 0 fully saturated rings. The van der Waals surface area contributed by atoms with Crippen LogP contribution >= 0.6 is 11.3 Å². The zero-order valence-corrected chi connectivity index (χ0v) is 11.2. The second-order valence-electron chi connectivity index (χ2n) is 4.86. The lowest BCUT2D eigenvalue weighted by Gasteiger charge is -2.15. The smallest absolute Gasteiger partial charge is 0.471 e.